The average molecular weight is 394 g/mol. The lowest BCUT2D eigenvalue weighted by molar-refractivity contribution is -0.0935. The number of carbonyl (C=O) groups is 1. The van der Waals surface area contributed by atoms with E-state index in [1.165, 1.54) is 17.4 Å². The molecule has 0 radical (unpaired) electrons. The molecule has 0 bridgehead atoms. The fourth-order valence-corrected chi connectivity index (χ4v) is 3.93. The van der Waals surface area contributed by atoms with Gasteiger partial charge < -0.3 is 24.5 Å². The minimum absolute atomic E-state index is 0. The molecular weight excluding hydrogens is 370 g/mol. The fraction of sp³-hybridized carbons (Fsp3) is 0.474. The van der Waals surface area contributed by atoms with Gasteiger partial charge in [-0.1, -0.05) is 6.07 Å². The molecule has 2 aliphatic rings. The zero-order valence-electron chi connectivity index (χ0n) is 15.3. The summed E-state index contributed by atoms with van der Waals surface area (Å²) < 4.78 is 16.8. The van der Waals surface area contributed by atoms with Crippen molar-refractivity contribution in [3.63, 3.8) is 0 Å². The highest BCUT2D eigenvalue weighted by molar-refractivity contribution is 5.92. The largest absolute Gasteiger partial charge is 0.497 e. The molecule has 0 saturated carbocycles. The quantitative estimate of drug-likeness (QED) is 0.860. The van der Waals surface area contributed by atoms with Crippen molar-refractivity contribution in [3.05, 3.63) is 47.2 Å². The Labute approximate surface area is 164 Å². The molecule has 2 aromatic rings. The predicted molar refractivity (Wildman–Crippen MR) is 101 cm³/mol. The van der Waals surface area contributed by atoms with Crippen LogP contribution in [0.1, 0.15) is 40.3 Å². The first-order valence-electron chi connectivity index (χ1n) is 8.90. The first-order valence-corrected chi connectivity index (χ1v) is 8.90. The summed E-state index contributed by atoms with van der Waals surface area (Å²) in [4.78, 5) is 18.6. The van der Waals surface area contributed by atoms with Crippen LogP contribution < -0.4 is 10.5 Å². The van der Waals surface area contributed by atoms with Crippen LogP contribution in [0.4, 0.5) is 0 Å². The van der Waals surface area contributed by atoms with E-state index in [0.29, 0.717) is 31.3 Å². The Morgan fingerprint density at radius 2 is 2.15 bits per heavy atom. The number of nitrogens with zero attached hydrogens (tertiary/aromatic N) is 2. The molecule has 7 nitrogen and oxygen atoms in total. The SMILES string of the molecule is COc1ccc2c(c1)CCOC21CCN(C(=O)c2coc(CN)n2)CC1.Cl. The summed E-state index contributed by atoms with van der Waals surface area (Å²) in [5.41, 5.74) is 8.00. The second kappa shape index (κ2) is 7.88. The third-order valence-electron chi connectivity index (χ3n) is 5.36. The topological polar surface area (TPSA) is 90.8 Å². The lowest BCUT2D eigenvalue weighted by Gasteiger charge is -2.45. The van der Waals surface area contributed by atoms with Gasteiger partial charge in [0.05, 0.1) is 25.9 Å². The number of benzene rings is 1. The van der Waals surface area contributed by atoms with Crippen molar-refractivity contribution in [1.29, 1.82) is 0 Å². The molecule has 0 aliphatic carbocycles. The Bertz CT molecular complexity index is 815. The molecule has 1 spiro atoms. The number of methoxy groups -OCH3 is 1. The van der Waals surface area contributed by atoms with Gasteiger partial charge in [-0.3, -0.25) is 4.79 Å². The molecule has 1 aromatic carbocycles. The van der Waals surface area contributed by atoms with Crippen molar-refractivity contribution < 1.29 is 18.7 Å². The maximum atomic E-state index is 12.6. The molecule has 0 unspecified atom stereocenters. The summed E-state index contributed by atoms with van der Waals surface area (Å²) in [6.07, 6.45) is 3.80. The molecule has 1 aromatic heterocycles. The zero-order chi connectivity index (χ0) is 18.1. The molecular formula is C19H24ClN3O4. The third kappa shape index (κ3) is 3.54. The Morgan fingerprint density at radius 3 is 2.81 bits per heavy atom. The van der Waals surface area contributed by atoms with Gasteiger partial charge in [-0.05, 0) is 42.5 Å². The van der Waals surface area contributed by atoms with Gasteiger partial charge >= 0.3 is 0 Å². The number of fused-ring (bicyclic) bond motifs is 2. The maximum absolute atomic E-state index is 12.6. The molecule has 27 heavy (non-hydrogen) atoms. The van der Waals surface area contributed by atoms with Gasteiger partial charge in [0.1, 0.15) is 12.0 Å². The number of likely N-dealkylation sites (tertiary alicyclic amines) is 1. The van der Waals surface area contributed by atoms with E-state index >= 15 is 0 Å². The minimum Gasteiger partial charge on any atom is -0.497 e. The second-order valence-electron chi connectivity index (χ2n) is 6.74. The normalized spacial score (nSPS) is 17.9. The summed E-state index contributed by atoms with van der Waals surface area (Å²) in [6.45, 7) is 2.12. The molecule has 146 valence electrons. The van der Waals surface area contributed by atoms with Crippen molar-refractivity contribution >= 4 is 18.3 Å². The van der Waals surface area contributed by atoms with Crippen LogP contribution in [-0.4, -0.2) is 42.6 Å². The van der Waals surface area contributed by atoms with Crippen LogP contribution in [0.3, 0.4) is 0 Å². The minimum atomic E-state index is -0.317. The van der Waals surface area contributed by atoms with Crippen LogP contribution >= 0.6 is 12.4 Å². The maximum Gasteiger partial charge on any atom is 0.275 e. The van der Waals surface area contributed by atoms with Crippen molar-refractivity contribution in [3.8, 4) is 5.75 Å². The molecule has 0 atom stereocenters. The van der Waals surface area contributed by atoms with Gasteiger partial charge in [-0.2, -0.15) is 0 Å². The number of halogens is 1. The second-order valence-corrected chi connectivity index (χ2v) is 6.74. The Morgan fingerprint density at radius 1 is 1.37 bits per heavy atom. The summed E-state index contributed by atoms with van der Waals surface area (Å²) in [7, 11) is 1.68. The van der Waals surface area contributed by atoms with E-state index in [1.54, 1.807) is 7.11 Å². The van der Waals surface area contributed by atoms with Crippen LogP contribution in [0.25, 0.3) is 0 Å². The lowest BCUT2D eigenvalue weighted by Crippen LogP contribution is -2.48. The van der Waals surface area contributed by atoms with Crippen LogP contribution in [0.5, 0.6) is 5.75 Å². The Balaban J connectivity index is 0.00000210. The number of rotatable bonds is 3. The summed E-state index contributed by atoms with van der Waals surface area (Å²) in [5.74, 6) is 1.13. The molecule has 4 rings (SSSR count). The standard InChI is InChI=1S/C19H23N3O4.ClH/c1-24-14-2-3-15-13(10-14)4-9-26-19(15)5-7-22(8-6-19)18(23)16-12-25-17(11-20)21-16;/h2-3,10,12H,4-9,11,20H2,1H3;1H. The van der Waals surface area contributed by atoms with E-state index in [-0.39, 0.29) is 30.5 Å². The van der Waals surface area contributed by atoms with Crippen molar-refractivity contribution in [2.45, 2.75) is 31.4 Å². The molecule has 2 aliphatic heterocycles. The number of hydrogen-bond donors (Lipinski definition) is 1. The van der Waals surface area contributed by atoms with Gasteiger partial charge in [-0.15, -0.1) is 12.4 Å². The van der Waals surface area contributed by atoms with Crippen molar-refractivity contribution in [2.75, 3.05) is 26.8 Å². The number of carbonyl (C=O) groups excluding carboxylic acids is 1. The number of amides is 1. The van der Waals surface area contributed by atoms with Crippen LogP contribution in [0.2, 0.25) is 0 Å². The van der Waals surface area contributed by atoms with E-state index in [1.807, 2.05) is 11.0 Å². The number of oxazole rings is 1. The number of ether oxygens (including phenoxy) is 2. The van der Waals surface area contributed by atoms with Gasteiger partial charge in [0.2, 0.25) is 5.89 Å². The zero-order valence-corrected chi connectivity index (χ0v) is 16.1. The van der Waals surface area contributed by atoms with Gasteiger partial charge in [0.25, 0.3) is 5.91 Å². The van der Waals surface area contributed by atoms with E-state index in [0.717, 1.165) is 25.0 Å². The van der Waals surface area contributed by atoms with Crippen LogP contribution in [-0.2, 0) is 23.3 Å². The van der Waals surface area contributed by atoms with Crippen LogP contribution in [0.15, 0.2) is 28.9 Å². The summed E-state index contributed by atoms with van der Waals surface area (Å²) in [5, 5.41) is 0. The Kier molecular flexibility index (Phi) is 5.74. The van der Waals surface area contributed by atoms with E-state index in [4.69, 9.17) is 19.6 Å². The Hall–Kier alpha value is -2.09. The van der Waals surface area contributed by atoms with Gasteiger partial charge in [0.15, 0.2) is 5.69 Å². The summed E-state index contributed by atoms with van der Waals surface area (Å²) >= 11 is 0. The van der Waals surface area contributed by atoms with Crippen molar-refractivity contribution in [2.24, 2.45) is 5.73 Å². The molecule has 1 saturated heterocycles. The van der Waals surface area contributed by atoms with Crippen LogP contribution in [0, 0.1) is 0 Å². The van der Waals surface area contributed by atoms with E-state index in [9.17, 15) is 4.79 Å². The molecule has 2 N–H and O–H groups in total. The predicted octanol–water partition coefficient (Wildman–Crippen LogP) is 2.27. The highest BCUT2D eigenvalue weighted by Gasteiger charge is 2.42. The molecule has 1 fully saturated rings. The van der Waals surface area contributed by atoms with Gasteiger partial charge in [0, 0.05) is 13.1 Å². The molecule has 1 amide bonds. The monoisotopic (exact) mass is 393 g/mol. The first-order chi connectivity index (χ1) is 12.6. The number of aromatic nitrogens is 1. The number of nitrogens with two attached hydrogens (primary N) is 1. The third-order valence-corrected chi connectivity index (χ3v) is 5.36. The number of hydrogen-bond acceptors (Lipinski definition) is 6. The number of piperidine rings is 1. The molecule has 8 heteroatoms. The summed E-state index contributed by atoms with van der Waals surface area (Å²) in [6, 6.07) is 6.19. The molecule has 3 heterocycles. The van der Waals surface area contributed by atoms with Gasteiger partial charge in [-0.25, -0.2) is 4.98 Å². The van der Waals surface area contributed by atoms with E-state index in [2.05, 4.69) is 17.1 Å². The van der Waals surface area contributed by atoms with E-state index < -0.39 is 0 Å². The lowest BCUT2D eigenvalue weighted by atomic mass is 9.79. The smallest absolute Gasteiger partial charge is 0.275 e. The average Bonchev–Trinajstić information content (AvgIpc) is 3.17. The highest BCUT2D eigenvalue weighted by Crippen LogP contribution is 2.42. The fourth-order valence-electron chi connectivity index (χ4n) is 3.93. The highest BCUT2D eigenvalue weighted by atomic mass is 35.5. The van der Waals surface area contributed by atoms with Crippen molar-refractivity contribution in [1.82, 2.24) is 9.88 Å². The first kappa shape index (κ1) is 19.7.